The van der Waals surface area contributed by atoms with Gasteiger partial charge < -0.3 is 20.1 Å². The lowest BCUT2D eigenvalue weighted by Crippen LogP contribution is -2.40. The maximum absolute atomic E-state index is 12.3. The van der Waals surface area contributed by atoms with Crippen molar-refractivity contribution in [3.8, 4) is 5.75 Å². The Hall–Kier alpha value is -3.35. The number of carbonyl (C=O) groups is 3. The normalized spacial score (nSPS) is 11.9. The van der Waals surface area contributed by atoms with E-state index in [1.807, 2.05) is 12.1 Å². The molecule has 7 heteroatoms. The summed E-state index contributed by atoms with van der Waals surface area (Å²) < 4.78 is 10.0. The molecule has 0 aromatic heterocycles. The van der Waals surface area contributed by atoms with Crippen LogP contribution < -0.4 is 15.4 Å². The quantitative estimate of drug-likeness (QED) is 0.681. The number of carbonyl (C=O) groups excluding carboxylic acids is 3. The van der Waals surface area contributed by atoms with Crippen molar-refractivity contribution < 1.29 is 23.9 Å². The molecular weight excluding hydrogens is 384 g/mol. The molecule has 2 amide bonds. The molecule has 0 spiro atoms. The van der Waals surface area contributed by atoms with Crippen LogP contribution in [0.15, 0.2) is 48.5 Å². The van der Waals surface area contributed by atoms with Gasteiger partial charge in [0.15, 0.2) is 6.61 Å². The fourth-order valence-corrected chi connectivity index (χ4v) is 2.59. The molecule has 0 saturated carbocycles. The minimum absolute atomic E-state index is 0.0154. The molecule has 160 valence electrons. The van der Waals surface area contributed by atoms with Gasteiger partial charge in [0.25, 0.3) is 11.8 Å². The smallest absolute Gasteiger partial charge is 0.328 e. The van der Waals surface area contributed by atoms with E-state index in [2.05, 4.69) is 31.4 Å². The number of rotatable bonds is 7. The summed E-state index contributed by atoms with van der Waals surface area (Å²) >= 11 is 0. The zero-order valence-electron chi connectivity index (χ0n) is 17.9. The van der Waals surface area contributed by atoms with Crippen molar-refractivity contribution in [3.05, 3.63) is 59.7 Å². The maximum atomic E-state index is 12.3. The van der Waals surface area contributed by atoms with E-state index < -0.39 is 24.5 Å². The summed E-state index contributed by atoms with van der Waals surface area (Å²) in [6.45, 7) is 7.32. The van der Waals surface area contributed by atoms with Crippen LogP contribution >= 0.6 is 0 Å². The number of nitrogens with one attached hydrogen (secondary N) is 2. The number of hydrogen-bond donors (Lipinski definition) is 2. The summed E-state index contributed by atoms with van der Waals surface area (Å²) in [5.41, 5.74) is 2.09. The van der Waals surface area contributed by atoms with Gasteiger partial charge in [0.05, 0.1) is 7.11 Å². The molecule has 0 aliphatic carbocycles. The lowest BCUT2D eigenvalue weighted by atomic mass is 9.86. The SMILES string of the molecule is COc1ccc(NC(=O)COC(=O)[C@H](C)NC(=O)c2ccc(C(C)(C)C)cc2)cc1. The molecule has 0 fully saturated rings. The third kappa shape index (κ3) is 6.62. The number of esters is 1. The van der Waals surface area contributed by atoms with Crippen LogP contribution in [0.1, 0.15) is 43.6 Å². The van der Waals surface area contributed by atoms with Gasteiger partial charge >= 0.3 is 5.97 Å². The lowest BCUT2D eigenvalue weighted by molar-refractivity contribution is -0.148. The highest BCUT2D eigenvalue weighted by molar-refractivity contribution is 5.97. The Kier molecular flexibility index (Phi) is 7.58. The van der Waals surface area contributed by atoms with Crippen molar-refractivity contribution in [2.24, 2.45) is 0 Å². The third-order valence-corrected chi connectivity index (χ3v) is 4.43. The van der Waals surface area contributed by atoms with Gasteiger partial charge in [0.2, 0.25) is 0 Å². The molecule has 7 nitrogen and oxygen atoms in total. The zero-order chi connectivity index (χ0) is 22.3. The molecule has 0 unspecified atom stereocenters. The van der Waals surface area contributed by atoms with Gasteiger partial charge in [-0.2, -0.15) is 0 Å². The lowest BCUT2D eigenvalue weighted by Gasteiger charge is -2.19. The molecule has 2 aromatic carbocycles. The molecule has 0 saturated heterocycles. The average Bonchev–Trinajstić information content (AvgIpc) is 2.72. The van der Waals surface area contributed by atoms with Gasteiger partial charge in [-0.3, -0.25) is 9.59 Å². The fraction of sp³-hybridized carbons (Fsp3) is 0.348. The summed E-state index contributed by atoms with van der Waals surface area (Å²) in [6, 6.07) is 13.1. The molecular formula is C23H28N2O5. The molecule has 30 heavy (non-hydrogen) atoms. The van der Waals surface area contributed by atoms with E-state index in [-0.39, 0.29) is 11.3 Å². The minimum atomic E-state index is -0.895. The first kappa shape index (κ1) is 22.9. The number of amides is 2. The van der Waals surface area contributed by atoms with E-state index in [1.54, 1.807) is 43.5 Å². The third-order valence-electron chi connectivity index (χ3n) is 4.43. The van der Waals surface area contributed by atoms with Gasteiger partial charge in [0, 0.05) is 11.3 Å². The molecule has 0 radical (unpaired) electrons. The van der Waals surface area contributed by atoms with Crippen LogP contribution in [-0.2, 0) is 19.7 Å². The second kappa shape index (κ2) is 9.91. The first-order chi connectivity index (χ1) is 14.1. The van der Waals surface area contributed by atoms with Crippen LogP contribution in [0, 0.1) is 0 Å². The minimum Gasteiger partial charge on any atom is -0.497 e. The summed E-state index contributed by atoms with van der Waals surface area (Å²) in [6.07, 6.45) is 0. The first-order valence-corrected chi connectivity index (χ1v) is 9.62. The van der Waals surface area contributed by atoms with E-state index >= 15 is 0 Å². The van der Waals surface area contributed by atoms with Crippen LogP contribution in [0.4, 0.5) is 5.69 Å². The second-order valence-electron chi connectivity index (χ2n) is 7.91. The Morgan fingerprint density at radius 3 is 2.10 bits per heavy atom. The second-order valence-corrected chi connectivity index (χ2v) is 7.91. The van der Waals surface area contributed by atoms with Gasteiger partial charge in [-0.15, -0.1) is 0 Å². The van der Waals surface area contributed by atoms with Crippen LogP contribution in [0.25, 0.3) is 0 Å². The number of methoxy groups -OCH3 is 1. The molecule has 0 heterocycles. The molecule has 2 N–H and O–H groups in total. The number of benzene rings is 2. The highest BCUT2D eigenvalue weighted by Crippen LogP contribution is 2.22. The standard InChI is InChI=1S/C23H28N2O5/c1-15(24-21(27)16-6-8-17(9-7-16)23(2,3)4)22(28)30-14-20(26)25-18-10-12-19(29-5)13-11-18/h6-13,15H,14H2,1-5H3,(H,24,27)(H,25,26)/t15-/m0/s1. The van der Waals surface area contributed by atoms with E-state index in [0.29, 0.717) is 17.0 Å². The van der Waals surface area contributed by atoms with Gasteiger partial charge in [-0.25, -0.2) is 4.79 Å². The monoisotopic (exact) mass is 412 g/mol. The van der Waals surface area contributed by atoms with E-state index in [0.717, 1.165) is 5.56 Å². The van der Waals surface area contributed by atoms with E-state index in [1.165, 1.54) is 6.92 Å². The Bertz CT molecular complexity index is 883. The van der Waals surface area contributed by atoms with Crippen molar-refractivity contribution in [3.63, 3.8) is 0 Å². The van der Waals surface area contributed by atoms with Crippen LogP contribution in [0.5, 0.6) is 5.75 Å². The maximum Gasteiger partial charge on any atom is 0.328 e. The van der Waals surface area contributed by atoms with Crippen molar-refractivity contribution in [2.45, 2.75) is 39.2 Å². The summed E-state index contributed by atoms with van der Waals surface area (Å²) in [4.78, 5) is 36.4. The Balaban J connectivity index is 1.82. The fourth-order valence-electron chi connectivity index (χ4n) is 2.59. The predicted octanol–water partition coefficient (Wildman–Crippen LogP) is 3.29. The molecule has 2 aromatic rings. The Labute approximate surface area is 176 Å². The van der Waals surface area contributed by atoms with Crippen LogP contribution in [-0.4, -0.2) is 37.5 Å². The van der Waals surface area contributed by atoms with Crippen molar-refractivity contribution in [1.29, 1.82) is 0 Å². The predicted molar refractivity (Wildman–Crippen MR) is 115 cm³/mol. The first-order valence-electron chi connectivity index (χ1n) is 9.62. The molecule has 1 atom stereocenters. The summed E-state index contributed by atoms with van der Waals surface area (Å²) in [5, 5.41) is 5.19. The molecule has 0 aliphatic heterocycles. The van der Waals surface area contributed by atoms with Gasteiger partial charge in [-0.05, 0) is 54.3 Å². The van der Waals surface area contributed by atoms with E-state index in [9.17, 15) is 14.4 Å². The number of ether oxygens (including phenoxy) is 2. The largest absolute Gasteiger partial charge is 0.497 e. The van der Waals surface area contributed by atoms with E-state index in [4.69, 9.17) is 9.47 Å². The molecule has 0 bridgehead atoms. The van der Waals surface area contributed by atoms with Crippen LogP contribution in [0.3, 0.4) is 0 Å². The average molecular weight is 412 g/mol. The summed E-state index contributed by atoms with van der Waals surface area (Å²) in [7, 11) is 1.55. The van der Waals surface area contributed by atoms with Gasteiger partial charge in [0.1, 0.15) is 11.8 Å². The number of hydrogen-bond acceptors (Lipinski definition) is 5. The summed E-state index contributed by atoms with van der Waals surface area (Å²) in [5.74, 6) is -0.899. The Morgan fingerprint density at radius 1 is 0.967 bits per heavy atom. The highest BCUT2D eigenvalue weighted by atomic mass is 16.5. The van der Waals surface area contributed by atoms with Crippen molar-refractivity contribution >= 4 is 23.5 Å². The van der Waals surface area contributed by atoms with Crippen LogP contribution in [0.2, 0.25) is 0 Å². The zero-order valence-corrected chi connectivity index (χ0v) is 17.9. The highest BCUT2D eigenvalue weighted by Gasteiger charge is 2.20. The molecule has 0 aliphatic rings. The van der Waals surface area contributed by atoms with Gasteiger partial charge in [-0.1, -0.05) is 32.9 Å². The van der Waals surface area contributed by atoms with Crippen molar-refractivity contribution in [2.75, 3.05) is 19.0 Å². The van der Waals surface area contributed by atoms with Crippen molar-refractivity contribution in [1.82, 2.24) is 5.32 Å². The Morgan fingerprint density at radius 2 is 1.57 bits per heavy atom. The number of anilines is 1. The topological polar surface area (TPSA) is 93.7 Å². The molecule has 2 rings (SSSR count).